The van der Waals surface area contributed by atoms with Crippen LogP contribution >= 0.6 is 23.1 Å². The molecule has 2 aromatic rings. The maximum atomic E-state index is 13.0. The number of halogens is 1. The highest BCUT2D eigenvalue weighted by molar-refractivity contribution is 7.99. The lowest BCUT2D eigenvalue weighted by Crippen LogP contribution is -2.25. The highest BCUT2D eigenvalue weighted by atomic mass is 32.2. The molecule has 17 heavy (non-hydrogen) atoms. The Morgan fingerprint density at radius 2 is 2.35 bits per heavy atom. The molecule has 1 N–H and O–H groups in total. The van der Waals surface area contributed by atoms with Crippen LogP contribution in [0.15, 0.2) is 18.2 Å². The lowest BCUT2D eigenvalue weighted by Gasteiger charge is -2.21. The SMILES string of the molecule is Fc1ccc2sc(NC3CCCSC3)nc2c1. The molecule has 1 saturated heterocycles. The zero-order valence-electron chi connectivity index (χ0n) is 9.28. The summed E-state index contributed by atoms with van der Waals surface area (Å²) < 4.78 is 14.1. The molecule has 2 nitrogen and oxygen atoms in total. The molecule has 0 radical (unpaired) electrons. The van der Waals surface area contributed by atoms with Gasteiger partial charge in [-0.05, 0) is 30.7 Å². The first-order chi connectivity index (χ1) is 8.31. The van der Waals surface area contributed by atoms with E-state index < -0.39 is 0 Å². The van der Waals surface area contributed by atoms with Crippen LogP contribution in [-0.2, 0) is 0 Å². The Bertz CT molecular complexity index is 520. The molecule has 2 heterocycles. The summed E-state index contributed by atoms with van der Waals surface area (Å²) >= 11 is 3.59. The lowest BCUT2D eigenvalue weighted by molar-refractivity contribution is 0.629. The number of benzene rings is 1. The molecule has 90 valence electrons. The molecule has 0 aliphatic carbocycles. The quantitative estimate of drug-likeness (QED) is 0.898. The van der Waals surface area contributed by atoms with Gasteiger partial charge in [0.25, 0.3) is 0 Å². The summed E-state index contributed by atoms with van der Waals surface area (Å²) in [5.41, 5.74) is 0.751. The second-order valence-corrected chi connectivity index (χ2v) is 6.37. The highest BCUT2D eigenvalue weighted by Gasteiger charge is 2.15. The van der Waals surface area contributed by atoms with Gasteiger partial charge >= 0.3 is 0 Å². The Balaban J connectivity index is 1.80. The summed E-state index contributed by atoms with van der Waals surface area (Å²) in [5, 5.41) is 4.37. The van der Waals surface area contributed by atoms with E-state index in [2.05, 4.69) is 10.3 Å². The lowest BCUT2D eigenvalue weighted by atomic mass is 10.2. The molecule has 0 saturated carbocycles. The van der Waals surface area contributed by atoms with Crippen LogP contribution in [0.2, 0.25) is 0 Å². The van der Waals surface area contributed by atoms with E-state index in [1.165, 1.54) is 30.7 Å². The third-order valence-corrected chi connectivity index (χ3v) is 5.02. The van der Waals surface area contributed by atoms with E-state index in [1.807, 2.05) is 11.8 Å². The minimum atomic E-state index is -0.220. The Kier molecular flexibility index (Phi) is 3.20. The molecule has 1 fully saturated rings. The molecule has 1 aliphatic heterocycles. The predicted octanol–water partition coefficient (Wildman–Crippen LogP) is 3.74. The molecular weight excluding hydrogens is 255 g/mol. The predicted molar refractivity (Wildman–Crippen MR) is 73.5 cm³/mol. The smallest absolute Gasteiger partial charge is 0.184 e. The van der Waals surface area contributed by atoms with Gasteiger partial charge in [-0.2, -0.15) is 11.8 Å². The normalized spacial score (nSPS) is 20.6. The number of rotatable bonds is 2. The van der Waals surface area contributed by atoms with Gasteiger partial charge in [0.05, 0.1) is 10.2 Å². The van der Waals surface area contributed by atoms with Crippen molar-refractivity contribution in [3.63, 3.8) is 0 Å². The fourth-order valence-corrected chi connectivity index (χ4v) is 3.99. The summed E-state index contributed by atoms with van der Waals surface area (Å²) in [7, 11) is 0. The fraction of sp³-hybridized carbons (Fsp3) is 0.417. The second-order valence-electron chi connectivity index (χ2n) is 4.19. The first-order valence-corrected chi connectivity index (χ1v) is 7.69. The number of thioether (sulfide) groups is 1. The average molecular weight is 268 g/mol. The van der Waals surface area contributed by atoms with E-state index in [0.717, 1.165) is 21.1 Å². The van der Waals surface area contributed by atoms with Gasteiger partial charge in [-0.3, -0.25) is 0 Å². The minimum Gasteiger partial charge on any atom is -0.358 e. The van der Waals surface area contributed by atoms with Crippen LogP contribution in [0, 0.1) is 5.82 Å². The van der Waals surface area contributed by atoms with Crippen molar-refractivity contribution in [3.05, 3.63) is 24.0 Å². The van der Waals surface area contributed by atoms with Crippen LogP contribution < -0.4 is 5.32 Å². The molecule has 1 atom stereocenters. The van der Waals surface area contributed by atoms with Gasteiger partial charge in [0.1, 0.15) is 5.82 Å². The van der Waals surface area contributed by atoms with Crippen molar-refractivity contribution < 1.29 is 4.39 Å². The van der Waals surface area contributed by atoms with Gasteiger partial charge in [0, 0.05) is 17.9 Å². The largest absolute Gasteiger partial charge is 0.358 e. The average Bonchev–Trinajstić information content (AvgIpc) is 2.71. The molecule has 1 unspecified atom stereocenters. The molecule has 0 bridgehead atoms. The number of nitrogens with zero attached hydrogens (tertiary/aromatic N) is 1. The highest BCUT2D eigenvalue weighted by Crippen LogP contribution is 2.28. The van der Waals surface area contributed by atoms with E-state index in [4.69, 9.17) is 0 Å². The van der Waals surface area contributed by atoms with E-state index >= 15 is 0 Å². The molecule has 1 aliphatic rings. The Morgan fingerprint density at radius 1 is 1.41 bits per heavy atom. The topological polar surface area (TPSA) is 24.9 Å². The Labute approximate surface area is 108 Å². The molecule has 3 rings (SSSR count). The van der Waals surface area contributed by atoms with E-state index in [1.54, 1.807) is 17.4 Å². The first kappa shape index (κ1) is 11.3. The molecule has 0 spiro atoms. The van der Waals surface area contributed by atoms with Crippen LogP contribution in [0.5, 0.6) is 0 Å². The van der Waals surface area contributed by atoms with Crippen molar-refractivity contribution in [1.82, 2.24) is 4.98 Å². The van der Waals surface area contributed by atoms with Crippen molar-refractivity contribution in [2.45, 2.75) is 18.9 Å². The Hall–Kier alpha value is -0.810. The zero-order chi connectivity index (χ0) is 11.7. The van der Waals surface area contributed by atoms with Gasteiger partial charge < -0.3 is 5.32 Å². The van der Waals surface area contributed by atoms with Gasteiger partial charge in [0.2, 0.25) is 0 Å². The molecule has 1 aromatic carbocycles. The number of anilines is 1. The summed E-state index contributed by atoms with van der Waals surface area (Å²) in [5.74, 6) is 2.19. The molecule has 0 amide bonds. The van der Waals surface area contributed by atoms with Crippen molar-refractivity contribution in [1.29, 1.82) is 0 Å². The number of thiazole rings is 1. The van der Waals surface area contributed by atoms with Gasteiger partial charge in [0.15, 0.2) is 5.13 Å². The summed E-state index contributed by atoms with van der Waals surface area (Å²) in [6.45, 7) is 0. The van der Waals surface area contributed by atoms with E-state index in [-0.39, 0.29) is 5.82 Å². The monoisotopic (exact) mass is 268 g/mol. The first-order valence-electron chi connectivity index (χ1n) is 5.71. The third kappa shape index (κ3) is 2.55. The Morgan fingerprint density at radius 3 is 3.18 bits per heavy atom. The van der Waals surface area contributed by atoms with E-state index in [0.29, 0.717) is 6.04 Å². The molecule has 5 heteroatoms. The number of aromatic nitrogens is 1. The summed E-state index contributed by atoms with van der Waals surface area (Å²) in [6.07, 6.45) is 2.47. The third-order valence-electron chi connectivity index (χ3n) is 2.84. The van der Waals surface area contributed by atoms with Crippen molar-refractivity contribution >= 4 is 38.4 Å². The fourth-order valence-electron chi connectivity index (χ4n) is 1.99. The number of nitrogens with one attached hydrogen (secondary N) is 1. The molecule has 1 aromatic heterocycles. The van der Waals surface area contributed by atoms with Gasteiger partial charge in [-0.15, -0.1) is 0 Å². The standard InChI is InChI=1S/C12H13FN2S2/c13-8-3-4-11-10(6-8)15-12(17-11)14-9-2-1-5-16-7-9/h3-4,6,9H,1-2,5,7H2,(H,14,15). The van der Waals surface area contributed by atoms with Gasteiger partial charge in [-0.1, -0.05) is 11.3 Å². The van der Waals surface area contributed by atoms with Crippen LogP contribution in [0.25, 0.3) is 10.2 Å². The van der Waals surface area contributed by atoms with Crippen LogP contribution in [0.3, 0.4) is 0 Å². The van der Waals surface area contributed by atoms with Crippen molar-refractivity contribution in [2.24, 2.45) is 0 Å². The second kappa shape index (κ2) is 4.82. The van der Waals surface area contributed by atoms with Crippen LogP contribution in [0.4, 0.5) is 9.52 Å². The zero-order valence-corrected chi connectivity index (χ0v) is 10.9. The maximum absolute atomic E-state index is 13.0. The van der Waals surface area contributed by atoms with Gasteiger partial charge in [-0.25, -0.2) is 9.37 Å². The number of hydrogen-bond donors (Lipinski definition) is 1. The molecular formula is C12H13FN2S2. The number of fused-ring (bicyclic) bond motifs is 1. The van der Waals surface area contributed by atoms with E-state index in [9.17, 15) is 4.39 Å². The van der Waals surface area contributed by atoms with Crippen molar-refractivity contribution in [3.8, 4) is 0 Å². The summed E-state index contributed by atoms with van der Waals surface area (Å²) in [6, 6.07) is 5.29. The maximum Gasteiger partial charge on any atom is 0.184 e. The minimum absolute atomic E-state index is 0.220. The van der Waals surface area contributed by atoms with Crippen LogP contribution in [0.1, 0.15) is 12.8 Å². The van der Waals surface area contributed by atoms with Crippen LogP contribution in [-0.4, -0.2) is 22.5 Å². The van der Waals surface area contributed by atoms with Crippen molar-refractivity contribution in [2.75, 3.05) is 16.8 Å². The summed E-state index contributed by atoms with van der Waals surface area (Å²) in [4.78, 5) is 4.43. The number of hydrogen-bond acceptors (Lipinski definition) is 4.